The van der Waals surface area contributed by atoms with Crippen molar-refractivity contribution in [1.82, 2.24) is 15.1 Å². The molecule has 5 rings (SSSR count). The molecule has 11 nitrogen and oxygen atoms in total. The number of hydrogen-bond acceptors (Lipinski definition) is 8. The molecule has 2 amide bonds. The second kappa shape index (κ2) is 13.8. The lowest BCUT2D eigenvalue weighted by molar-refractivity contribution is -0.166. The SMILES string of the molecule is CCCCN1C(=O)[C@@H]([C@H](O)C2CCOCC2)NC(=O)C12CCN(Cc1ccc(Oc3ccc(NS(C)(=O)=O)cc3)cc1)CC2. The van der Waals surface area contributed by atoms with Gasteiger partial charge < -0.3 is 24.8 Å². The number of carbonyl (C=O) groups is 2. The van der Waals surface area contributed by atoms with E-state index in [1.165, 1.54) is 0 Å². The van der Waals surface area contributed by atoms with Gasteiger partial charge in [-0.2, -0.15) is 0 Å². The lowest BCUT2D eigenvalue weighted by Crippen LogP contribution is -2.75. The number of nitrogens with one attached hydrogen (secondary N) is 2. The molecule has 44 heavy (non-hydrogen) atoms. The van der Waals surface area contributed by atoms with Crippen LogP contribution in [-0.4, -0.2) is 91.9 Å². The molecule has 3 aliphatic heterocycles. The van der Waals surface area contributed by atoms with Gasteiger partial charge in [-0.1, -0.05) is 25.5 Å². The van der Waals surface area contributed by atoms with Crippen molar-refractivity contribution in [2.45, 2.75) is 69.7 Å². The Balaban J connectivity index is 1.18. The predicted molar refractivity (Wildman–Crippen MR) is 167 cm³/mol. The van der Waals surface area contributed by atoms with Crippen molar-refractivity contribution in [3.63, 3.8) is 0 Å². The highest BCUT2D eigenvalue weighted by atomic mass is 32.2. The van der Waals surface area contributed by atoms with E-state index in [-0.39, 0.29) is 17.7 Å². The fourth-order valence-corrected chi connectivity index (χ4v) is 7.04. The summed E-state index contributed by atoms with van der Waals surface area (Å²) in [6.45, 7) is 5.75. The normalized spacial score (nSPS) is 22.1. The first kappa shape index (κ1) is 32.2. The Morgan fingerprint density at radius 2 is 1.66 bits per heavy atom. The van der Waals surface area contributed by atoms with Crippen molar-refractivity contribution in [1.29, 1.82) is 0 Å². The molecule has 12 heteroatoms. The zero-order valence-electron chi connectivity index (χ0n) is 25.5. The lowest BCUT2D eigenvalue weighted by Gasteiger charge is -2.52. The van der Waals surface area contributed by atoms with E-state index >= 15 is 0 Å². The van der Waals surface area contributed by atoms with Crippen molar-refractivity contribution < 1.29 is 32.6 Å². The first-order valence-electron chi connectivity index (χ1n) is 15.5. The van der Waals surface area contributed by atoms with Crippen LogP contribution in [0.2, 0.25) is 0 Å². The highest BCUT2D eigenvalue weighted by Gasteiger charge is 2.55. The molecule has 2 atom stereocenters. The molecule has 3 heterocycles. The van der Waals surface area contributed by atoms with Crippen molar-refractivity contribution >= 4 is 27.5 Å². The summed E-state index contributed by atoms with van der Waals surface area (Å²) in [6, 6.07) is 13.6. The van der Waals surface area contributed by atoms with Gasteiger partial charge in [-0.3, -0.25) is 19.2 Å². The third-order valence-corrected chi connectivity index (χ3v) is 9.60. The zero-order chi connectivity index (χ0) is 31.3. The summed E-state index contributed by atoms with van der Waals surface area (Å²) in [5.74, 6) is 0.877. The Bertz CT molecular complexity index is 1390. The van der Waals surface area contributed by atoms with E-state index in [9.17, 15) is 23.1 Å². The maximum atomic E-state index is 13.8. The van der Waals surface area contributed by atoms with Gasteiger partial charge in [-0.25, -0.2) is 8.42 Å². The predicted octanol–water partition coefficient (Wildman–Crippen LogP) is 3.10. The Morgan fingerprint density at radius 3 is 2.25 bits per heavy atom. The highest BCUT2D eigenvalue weighted by Crippen LogP contribution is 2.36. The van der Waals surface area contributed by atoms with Crippen LogP contribution in [0.5, 0.6) is 11.5 Å². The van der Waals surface area contributed by atoms with E-state index in [0.717, 1.165) is 24.7 Å². The summed E-state index contributed by atoms with van der Waals surface area (Å²) in [7, 11) is -3.34. The molecule has 3 N–H and O–H groups in total. The molecule has 0 unspecified atom stereocenters. The summed E-state index contributed by atoms with van der Waals surface area (Å²) in [4.78, 5) is 31.6. The number of hydrogen-bond donors (Lipinski definition) is 3. The van der Waals surface area contributed by atoms with Crippen molar-refractivity contribution in [2.75, 3.05) is 43.8 Å². The van der Waals surface area contributed by atoms with Crippen LogP contribution in [0.25, 0.3) is 0 Å². The van der Waals surface area contributed by atoms with Gasteiger partial charge >= 0.3 is 0 Å². The number of unbranched alkanes of at least 4 members (excludes halogenated alkanes) is 1. The molecule has 3 fully saturated rings. The molecule has 240 valence electrons. The molecule has 3 aliphatic rings. The average Bonchev–Trinajstić information content (AvgIpc) is 3.01. The van der Waals surface area contributed by atoms with Gasteiger partial charge in [0.1, 0.15) is 23.1 Å². The quantitative estimate of drug-likeness (QED) is 0.345. The molecule has 0 saturated carbocycles. The maximum absolute atomic E-state index is 13.8. The molecule has 0 bridgehead atoms. The molecular formula is C32H44N4O7S. The first-order valence-corrected chi connectivity index (χ1v) is 17.4. The molecule has 0 aromatic heterocycles. The van der Waals surface area contributed by atoms with Crippen LogP contribution in [0, 0.1) is 5.92 Å². The Hall–Kier alpha value is -3.19. The number of piperidine rings is 1. The number of aliphatic hydroxyl groups is 1. The van der Waals surface area contributed by atoms with Crippen molar-refractivity contribution in [3.8, 4) is 11.5 Å². The van der Waals surface area contributed by atoms with Gasteiger partial charge in [-0.15, -0.1) is 0 Å². The number of carbonyl (C=O) groups excluding carboxylic acids is 2. The smallest absolute Gasteiger partial charge is 0.248 e. The summed E-state index contributed by atoms with van der Waals surface area (Å²) in [6.07, 6.45) is 4.35. The topological polar surface area (TPSA) is 138 Å². The Morgan fingerprint density at radius 1 is 1.05 bits per heavy atom. The van der Waals surface area contributed by atoms with Crippen molar-refractivity contribution in [2.24, 2.45) is 5.92 Å². The van der Waals surface area contributed by atoms with Gasteiger partial charge in [0.05, 0.1) is 12.4 Å². The van der Waals surface area contributed by atoms with Crippen LogP contribution in [0.15, 0.2) is 48.5 Å². The number of benzene rings is 2. The largest absolute Gasteiger partial charge is 0.457 e. The van der Waals surface area contributed by atoms with E-state index in [1.807, 2.05) is 24.3 Å². The third kappa shape index (κ3) is 7.53. The standard InChI is InChI=1S/C32H44N4O7S/c1-3-4-17-36-30(38)28(29(37)24-13-20-42-21-14-24)33-31(39)32(36)15-18-35(19-16-32)22-23-5-9-26(10-6-23)43-27-11-7-25(8-12-27)34-44(2,40)41/h5-12,24,28-29,34,37H,3-4,13-22H2,1-2H3,(H,33,39)/t28-,29-/m1/s1. The fraction of sp³-hybridized carbons (Fsp3) is 0.562. The van der Waals surface area contributed by atoms with E-state index in [4.69, 9.17) is 9.47 Å². The summed E-state index contributed by atoms with van der Waals surface area (Å²) < 4.78 is 36.6. The molecule has 3 saturated heterocycles. The van der Waals surface area contributed by atoms with Crippen LogP contribution in [-0.2, 0) is 30.9 Å². The third-order valence-electron chi connectivity index (χ3n) is 8.99. The van der Waals surface area contributed by atoms with Crippen LogP contribution < -0.4 is 14.8 Å². The minimum Gasteiger partial charge on any atom is -0.457 e. The van der Waals surface area contributed by atoms with E-state index in [0.29, 0.717) is 82.3 Å². The number of ether oxygens (including phenoxy) is 2. The number of anilines is 1. The molecule has 2 aromatic rings. The second-order valence-corrected chi connectivity index (χ2v) is 13.9. The monoisotopic (exact) mass is 628 g/mol. The van der Waals surface area contributed by atoms with Gasteiger partial charge in [-0.05, 0) is 80.0 Å². The fourth-order valence-electron chi connectivity index (χ4n) is 6.48. The lowest BCUT2D eigenvalue weighted by atomic mass is 9.79. The van der Waals surface area contributed by atoms with E-state index in [1.54, 1.807) is 29.2 Å². The number of amides is 2. The van der Waals surface area contributed by atoms with Gasteiger partial charge in [0.2, 0.25) is 21.8 Å². The molecule has 0 radical (unpaired) electrons. The number of nitrogens with zero attached hydrogens (tertiary/aromatic N) is 2. The van der Waals surface area contributed by atoms with Gasteiger partial charge in [0.25, 0.3) is 0 Å². The van der Waals surface area contributed by atoms with Crippen LogP contribution >= 0.6 is 0 Å². The summed E-state index contributed by atoms with van der Waals surface area (Å²) in [5.41, 5.74) is 0.681. The van der Waals surface area contributed by atoms with Crippen molar-refractivity contribution in [3.05, 3.63) is 54.1 Å². The highest BCUT2D eigenvalue weighted by molar-refractivity contribution is 7.92. The Kier molecular flexibility index (Phi) is 10.1. The number of sulfonamides is 1. The first-order chi connectivity index (χ1) is 21.1. The zero-order valence-corrected chi connectivity index (χ0v) is 26.4. The molecule has 1 spiro atoms. The van der Waals surface area contributed by atoms with E-state index in [2.05, 4.69) is 21.9 Å². The van der Waals surface area contributed by atoms with Crippen LogP contribution in [0.1, 0.15) is 51.0 Å². The second-order valence-electron chi connectivity index (χ2n) is 12.2. The molecule has 2 aromatic carbocycles. The number of piperazine rings is 1. The number of rotatable bonds is 11. The van der Waals surface area contributed by atoms with Crippen LogP contribution in [0.3, 0.4) is 0 Å². The summed E-state index contributed by atoms with van der Waals surface area (Å²) in [5, 5.41) is 14.1. The summed E-state index contributed by atoms with van der Waals surface area (Å²) >= 11 is 0. The van der Waals surface area contributed by atoms with Crippen LogP contribution in [0.4, 0.5) is 5.69 Å². The van der Waals surface area contributed by atoms with Gasteiger partial charge in [0.15, 0.2) is 0 Å². The molecule has 0 aliphatic carbocycles. The minimum absolute atomic E-state index is 0.0662. The number of aliphatic hydroxyl groups excluding tert-OH is 1. The average molecular weight is 629 g/mol. The minimum atomic E-state index is -3.34. The van der Waals surface area contributed by atoms with Gasteiger partial charge in [0, 0.05) is 45.1 Å². The number of likely N-dealkylation sites (tertiary alicyclic amines) is 1. The maximum Gasteiger partial charge on any atom is 0.248 e. The van der Waals surface area contributed by atoms with E-state index < -0.39 is 27.7 Å². The molecular weight excluding hydrogens is 584 g/mol. The Labute approximate surface area is 259 Å².